The number of benzene rings is 2. The van der Waals surface area contributed by atoms with Crippen LogP contribution in [0.2, 0.25) is 0 Å². The van der Waals surface area contributed by atoms with Crippen molar-refractivity contribution in [1.29, 1.82) is 0 Å². The van der Waals surface area contributed by atoms with Crippen molar-refractivity contribution in [1.82, 2.24) is 44.6 Å². The summed E-state index contributed by atoms with van der Waals surface area (Å²) in [6.07, 6.45) is 26.0. The van der Waals surface area contributed by atoms with E-state index in [1.807, 2.05) is 98.1 Å². The number of nitrogens with zero attached hydrogens (tertiary/aromatic N) is 12. The van der Waals surface area contributed by atoms with Crippen LogP contribution in [0.4, 0.5) is 17.1 Å². The number of pyridine rings is 4. The number of aliphatic hydroxyl groups excluding tert-OH is 2. The third-order valence-electron chi connectivity index (χ3n) is 23.2. The van der Waals surface area contributed by atoms with E-state index in [0.717, 1.165) is 121 Å². The summed E-state index contributed by atoms with van der Waals surface area (Å²) in [4.78, 5) is 72.3. The summed E-state index contributed by atoms with van der Waals surface area (Å²) in [6, 6.07) is 30.6. The molecule has 1 amide bonds. The van der Waals surface area contributed by atoms with Crippen molar-refractivity contribution in [3.63, 3.8) is 0 Å². The lowest BCUT2D eigenvalue weighted by atomic mass is 9.78. The number of fused-ring (bicyclic) bond motifs is 1. The Morgan fingerprint density at radius 2 is 0.805 bits per heavy atom. The maximum atomic E-state index is 12.4. The van der Waals surface area contributed by atoms with Crippen molar-refractivity contribution in [3.05, 3.63) is 139 Å². The van der Waals surface area contributed by atoms with E-state index >= 15 is 0 Å². The molecule has 5 aliphatic rings. The van der Waals surface area contributed by atoms with E-state index < -0.39 is 0 Å². The third kappa shape index (κ3) is 32.1. The van der Waals surface area contributed by atoms with Crippen LogP contribution in [-0.4, -0.2) is 226 Å². The number of likely N-dealkylation sites (tertiary alicyclic amines) is 4. The van der Waals surface area contributed by atoms with Gasteiger partial charge >= 0.3 is 11.9 Å². The zero-order valence-corrected chi connectivity index (χ0v) is 75.6. The van der Waals surface area contributed by atoms with Gasteiger partial charge in [0.15, 0.2) is 0 Å². The molecule has 0 radical (unpaired) electrons. The first-order chi connectivity index (χ1) is 52.5. The van der Waals surface area contributed by atoms with E-state index in [-0.39, 0.29) is 80.7 Å². The zero-order chi connectivity index (χ0) is 85.1. The number of aryl methyl sites for hydroxylation is 2. The number of esters is 2. The van der Waals surface area contributed by atoms with Gasteiger partial charge in [0.05, 0.1) is 30.7 Å². The maximum absolute atomic E-state index is 12.4. The Morgan fingerprint density at radius 1 is 0.451 bits per heavy atom. The summed E-state index contributed by atoms with van der Waals surface area (Å²) >= 11 is 0. The van der Waals surface area contributed by atoms with Crippen LogP contribution in [0.3, 0.4) is 0 Å². The normalized spacial score (nSPS) is 19.6. The van der Waals surface area contributed by atoms with Gasteiger partial charge in [0, 0.05) is 205 Å². The summed E-state index contributed by atoms with van der Waals surface area (Å²) in [5, 5.41) is 24.0. The number of rotatable bonds is 16. The number of carbonyl (C=O) groups is 3. The first-order valence-corrected chi connectivity index (χ1v) is 41.2. The largest absolute Gasteiger partial charge is 0.462 e. The van der Waals surface area contributed by atoms with E-state index in [1.54, 1.807) is 36.8 Å². The zero-order valence-electron chi connectivity index (χ0n) is 75.6. The fraction of sp³-hybridized carbons (Fsp3) is 0.645. The second-order valence-electron chi connectivity index (χ2n) is 37.4. The minimum absolute atomic E-state index is 0.00474. The quantitative estimate of drug-likeness (QED) is 0.0685. The molecule has 0 unspecified atom stereocenters. The molecule has 0 saturated carbocycles. The molecule has 5 saturated heterocycles. The molecule has 0 atom stereocenters. The first-order valence-electron chi connectivity index (χ1n) is 41.2. The lowest BCUT2D eigenvalue weighted by Gasteiger charge is -2.53. The van der Waals surface area contributed by atoms with Crippen LogP contribution in [-0.2, 0) is 28.7 Å². The molecule has 11 rings (SSSR count). The highest BCUT2D eigenvalue weighted by Gasteiger charge is 2.48. The molecule has 0 aliphatic carbocycles. The Balaban J connectivity index is 0.000000293. The fourth-order valence-electron chi connectivity index (χ4n) is 16.6. The smallest absolute Gasteiger partial charge is 0.306 e. The Morgan fingerprint density at radius 3 is 1.09 bits per heavy atom. The number of carbonyl (C=O) groups excluding carboxylic acids is 3. The molecule has 2 N–H and O–H groups in total. The van der Waals surface area contributed by atoms with Gasteiger partial charge < -0.3 is 44.1 Å². The molecule has 6 aromatic rings. The second-order valence-corrected chi connectivity index (χ2v) is 37.4. The van der Waals surface area contributed by atoms with Gasteiger partial charge in [-0.1, -0.05) is 56.0 Å². The second kappa shape index (κ2) is 44.2. The van der Waals surface area contributed by atoms with Crippen molar-refractivity contribution in [2.75, 3.05) is 98.8 Å². The highest BCUT2D eigenvalue weighted by Crippen LogP contribution is 2.42. The number of aliphatic hydroxyl groups is 2. The monoisotopic (exact) mass is 1570 g/mol. The van der Waals surface area contributed by atoms with Crippen molar-refractivity contribution in [2.24, 2.45) is 0 Å². The van der Waals surface area contributed by atoms with Gasteiger partial charge in [0.2, 0.25) is 5.91 Å². The fourth-order valence-corrected chi connectivity index (χ4v) is 16.6. The van der Waals surface area contributed by atoms with Gasteiger partial charge in [0.25, 0.3) is 0 Å². The highest BCUT2D eigenvalue weighted by molar-refractivity contribution is 6.03. The number of ether oxygens (including phenoxy) is 2. The molecule has 9 heterocycles. The molecule has 5 fully saturated rings. The van der Waals surface area contributed by atoms with Crippen molar-refractivity contribution in [2.45, 2.75) is 309 Å². The summed E-state index contributed by atoms with van der Waals surface area (Å²) in [5.74, 6) is 0.179. The van der Waals surface area contributed by atoms with E-state index in [9.17, 15) is 24.6 Å². The van der Waals surface area contributed by atoms with E-state index in [1.165, 1.54) is 39.0 Å². The highest BCUT2D eigenvalue weighted by atomic mass is 16.7. The molecular weight excluding hydrogens is 1410 g/mol. The third-order valence-corrected chi connectivity index (χ3v) is 23.2. The molecule has 0 spiro atoms. The van der Waals surface area contributed by atoms with Crippen molar-refractivity contribution >= 4 is 45.7 Å². The van der Waals surface area contributed by atoms with Crippen LogP contribution < -0.4 is 14.7 Å². The lowest BCUT2D eigenvalue weighted by molar-refractivity contribution is -0.276. The summed E-state index contributed by atoms with van der Waals surface area (Å²) in [6.45, 7) is 40.0. The number of amides is 1. The Bertz CT molecular complexity index is 3540. The Labute approximate surface area is 684 Å². The molecular formula is C93H152N12O8. The predicted molar refractivity (Wildman–Crippen MR) is 470 cm³/mol. The molecule has 4 aromatic heterocycles. The van der Waals surface area contributed by atoms with Crippen LogP contribution in [0.15, 0.2) is 128 Å². The molecule has 113 heavy (non-hydrogen) atoms. The van der Waals surface area contributed by atoms with Crippen LogP contribution in [0, 0.1) is 13.8 Å². The van der Waals surface area contributed by atoms with Crippen molar-refractivity contribution < 1.29 is 38.9 Å². The summed E-state index contributed by atoms with van der Waals surface area (Å²) in [7, 11) is 22.4. The summed E-state index contributed by atoms with van der Waals surface area (Å²) in [5.41, 5.74) is 8.19. The standard InChI is InChI=1S/C30H56N2O4.C14H18N2.C12H12N2.C10H21NO2.C10H21NO.C7H10N2.C5H9NO.C5H5N/c1-27(2)19-23(20-28(3,4)31(27)9)35-25(33)17-15-13-11-12-14-16-18-26(34)36-24-21-29(5,6)32(10)30(7,8)22-24;1-15(2)12-9-5-7-11-8-6-10-13(14(11)12)16(3)4;1-9-3-5-13-11(7-9)12-8-10(2)4-6-14-12;1-9(2)6-8(12)7-10(3,4)11(9)13-5;1-9(2)6-8(12)7-10(3,4)11(9)5;1-9(2)7-3-5-8-6-4-7;1-6-4-2-3-5(6)7;1-2-4-6-5-3-1/h23-24H,11-22H2,1-10H3;5-10H,1-4H3;3-8H,1-2H3;8,12H,6-7H2,1-5H3;8,12H,6-7H2,1-5H3;3-6H,1-2H3;2-4H2,1H3;1-5H. The average molecular weight is 1570 g/mol. The summed E-state index contributed by atoms with van der Waals surface area (Å²) < 4.78 is 11.7. The van der Waals surface area contributed by atoms with Crippen molar-refractivity contribution in [3.8, 4) is 11.4 Å². The molecule has 20 heteroatoms. The minimum atomic E-state index is -0.212. The number of aromatic nitrogens is 4. The maximum Gasteiger partial charge on any atom is 0.306 e. The van der Waals surface area contributed by atoms with Gasteiger partial charge in [-0.3, -0.25) is 49.0 Å². The van der Waals surface area contributed by atoms with Gasteiger partial charge in [-0.15, -0.1) is 0 Å². The van der Waals surface area contributed by atoms with Crippen LogP contribution in [0.5, 0.6) is 0 Å². The van der Waals surface area contributed by atoms with Gasteiger partial charge in [-0.05, 0) is 268 Å². The molecule has 20 nitrogen and oxygen atoms in total. The van der Waals surface area contributed by atoms with E-state index in [0.29, 0.717) is 18.7 Å². The minimum Gasteiger partial charge on any atom is -0.462 e. The van der Waals surface area contributed by atoms with E-state index in [2.05, 4.69) is 255 Å². The molecule has 632 valence electrons. The SMILES string of the molecule is CN(C)c1cccc2cccc(N(C)C)c12.CN(C)c1ccncc1.CN1C(C)(C)CC(O)CC1(C)C.CN1C(C)(C)CC(OC(=O)CCCCCCCCC(=O)OC2CC(C)(C)N(C)C(C)(C)C2)CC1(C)C.CN1CCCC1=O.CON1C(C)(C)CC(O)CC1(C)C.Cc1ccnc(-c2cc(C)ccn2)c1.c1ccncc1. The Hall–Kier alpha value is -7.17. The molecule has 0 bridgehead atoms. The number of unbranched alkanes of at least 4 members (excludes halogenated alkanes) is 5. The molecule has 5 aliphatic heterocycles. The number of hydrogen-bond acceptors (Lipinski definition) is 19. The van der Waals surface area contributed by atoms with Crippen LogP contribution in [0.1, 0.15) is 237 Å². The Kier molecular flexibility index (Phi) is 38.4. The topological polar surface area (TPSA) is 197 Å². The van der Waals surface area contributed by atoms with E-state index in [4.69, 9.17) is 14.3 Å². The first kappa shape index (κ1) is 98.2. The number of piperidine rings is 4. The number of anilines is 3. The number of hydroxylamine groups is 2. The predicted octanol–water partition coefficient (Wildman–Crippen LogP) is 17.9. The average Bonchev–Trinajstić information content (AvgIpc) is 1.08. The van der Waals surface area contributed by atoms with Crippen LogP contribution >= 0.6 is 0 Å². The number of hydrogen-bond donors (Lipinski definition) is 2. The van der Waals surface area contributed by atoms with Crippen LogP contribution in [0.25, 0.3) is 22.2 Å². The van der Waals surface area contributed by atoms with Gasteiger partial charge in [-0.2, -0.15) is 5.06 Å². The van der Waals surface area contributed by atoms with Gasteiger partial charge in [-0.25, -0.2) is 0 Å². The van der Waals surface area contributed by atoms with Gasteiger partial charge in [0.1, 0.15) is 12.2 Å². The lowest BCUT2D eigenvalue weighted by Crippen LogP contribution is -2.61. The molecule has 2 aromatic carbocycles.